The summed E-state index contributed by atoms with van der Waals surface area (Å²) in [6.07, 6.45) is 1.09. The van der Waals surface area contributed by atoms with Gasteiger partial charge in [0, 0.05) is 6.42 Å². The quantitative estimate of drug-likeness (QED) is 0.919. The zero-order chi connectivity index (χ0) is 13.9. The first-order valence-corrected chi connectivity index (χ1v) is 7.18. The van der Waals surface area contributed by atoms with E-state index in [4.69, 9.17) is 4.74 Å². The number of aliphatic hydroxyl groups is 1. The second-order valence-corrected chi connectivity index (χ2v) is 5.47. The van der Waals surface area contributed by atoms with Crippen LogP contribution in [0.15, 0.2) is 48.5 Å². The predicted octanol–water partition coefficient (Wildman–Crippen LogP) is 3.73. The molecule has 2 atom stereocenters. The minimum Gasteiger partial charge on any atom is -0.388 e. The molecule has 104 valence electrons. The highest BCUT2D eigenvalue weighted by Crippen LogP contribution is 2.34. The molecule has 2 aromatic rings. The second kappa shape index (κ2) is 5.78. The molecule has 20 heavy (non-hydrogen) atoms. The lowest BCUT2D eigenvalue weighted by molar-refractivity contribution is 0.00377. The SMILES string of the molecule is Cc1ccc(C(O)CC2OCCc3ccccc32)cc1. The Hall–Kier alpha value is -1.64. The zero-order valence-electron chi connectivity index (χ0n) is 11.8. The lowest BCUT2D eigenvalue weighted by atomic mass is 9.92. The molecule has 1 aliphatic heterocycles. The molecule has 1 heterocycles. The van der Waals surface area contributed by atoms with Crippen molar-refractivity contribution < 1.29 is 9.84 Å². The molecule has 2 heteroatoms. The average Bonchev–Trinajstić information content (AvgIpc) is 2.48. The normalized spacial score (nSPS) is 19.4. The molecule has 2 aromatic carbocycles. The van der Waals surface area contributed by atoms with Gasteiger partial charge in [-0.3, -0.25) is 0 Å². The Morgan fingerprint density at radius 1 is 1.15 bits per heavy atom. The highest BCUT2D eigenvalue weighted by Gasteiger charge is 2.23. The van der Waals surface area contributed by atoms with Gasteiger partial charge in [0.25, 0.3) is 0 Å². The van der Waals surface area contributed by atoms with Crippen molar-refractivity contribution in [2.24, 2.45) is 0 Å². The van der Waals surface area contributed by atoms with Crippen LogP contribution < -0.4 is 0 Å². The smallest absolute Gasteiger partial charge is 0.0855 e. The van der Waals surface area contributed by atoms with Crippen LogP contribution in [0, 0.1) is 6.92 Å². The number of aryl methyl sites for hydroxylation is 1. The van der Waals surface area contributed by atoms with Crippen LogP contribution in [0.2, 0.25) is 0 Å². The Morgan fingerprint density at radius 2 is 1.90 bits per heavy atom. The van der Waals surface area contributed by atoms with Crippen LogP contribution in [0.4, 0.5) is 0 Å². The van der Waals surface area contributed by atoms with E-state index < -0.39 is 6.10 Å². The van der Waals surface area contributed by atoms with Gasteiger partial charge in [0.15, 0.2) is 0 Å². The third-order valence-electron chi connectivity index (χ3n) is 3.99. The van der Waals surface area contributed by atoms with E-state index in [9.17, 15) is 5.11 Å². The molecule has 1 N–H and O–H groups in total. The summed E-state index contributed by atoms with van der Waals surface area (Å²) in [7, 11) is 0. The molecule has 1 aliphatic rings. The van der Waals surface area contributed by atoms with Gasteiger partial charge >= 0.3 is 0 Å². The highest BCUT2D eigenvalue weighted by atomic mass is 16.5. The second-order valence-electron chi connectivity index (χ2n) is 5.47. The van der Waals surface area contributed by atoms with Gasteiger partial charge in [-0.15, -0.1) is 0 Å². The van der Waals surface area contributed by atoms with E-state index in [1.807, 2.05) is 30.3 Å². The Morgan fingerprint density at radius 3 is 2.70 bits per heavy atom. The molecular weight excluding hydrogens is 248 g/mol. The highest BCUT2D eigenvalue weighted by molar-refractivity contribution is 5.31. The van der Waals surface area contributed by atoms with Crippen molar-refractivity contribution in [3.63, 3.8) is 0 Å². The van der Waals surface area contributed by atoms with Gasteiger partial charge in [0.2, 0.25) is 0 Å². The number of hydrogen-bond donors (Lipinski definition) is 1. The van der Waals surface area contributed by atoms with Gasteiger partial charge in [-0.25, -0.2) is 0 Å². The van der Waals surface area contributed by atoms with Crippen LogP contribution in [-0.4, -0.2) is 11.7 Å². The summed E-state index contributed by atoms with van der Waals surface area (Å²) >= 11 is 0. The standard InChI is InChI=1S/C18H20O2/c1-13-6-8-15(9-7-13)17(19)12-18-16-5-3-2-4-14(16)10-11-20-18/h2-9,17-19H,10-12H2,1H3. The predicted molar refractivity (Wildman–Crippen MR) is 79.6 cm³/mol. The Bertz CT molecular complexity index is 574. The van der Waals surface area contributed by atoms with Crippen molar-refractivity contribution in [1.82, 2.24) is 0 Å². The fraction of sp³-hybridized carbons (Fsp3) is 0.333. The molecule has 0 bridgehead atoms. The summed E-state index contributed by atoms with van der Waals surface area (Å²) in [6.45, 7) is 2.79. The molecule has 0 radical (unpaired) electrons. The maximum atomic E-state index is 10.4. The molecule has 0 aromatic heterocycles. The number of rotatable bonds is 3. The van der Waals surface area contributed by atoms with Crippen LogP contribution in [0.3, 0.4) is 0 Å². The van der Waals surface area contributed by atoms with Crippen LogP contribution in [-0.2, 0) is 11.2 Å². The number of hydrogen-bond acceptors (Lipinski definition) is 2. The van der Waals surface area contributed by atoms with E-state index in [2.05, 4.69) is 25.1 Å². The third-order valence-corrected chi connectivity index (χ3v) is 3.99. The number of aliphatic hydroxyl groups excluding tert-OH is 1. The number of benzene rings is 2. The summed E-state index contributed by atoms with van der Waals surface area (Å²) in [4.78, 5) is 0. The molecule has 0 saturated heterocycles. The van der Waals surface area contributed by atoms with Crippen LogP contribution >= 0.6 is 0 Å². The minimum atomic E-state index is -0.480. The summed E-state index contributed by atoms with van der Waals surface area (Å²) < 4.78 is 5.86. The average molecular weight is 268 g/mol. The fourth-order valence-electron chi connectivity index (χ4n) is 2.80. The summed E-state index contributed by atoms with van der Waals surface area (Å²) in [5.41, 5.74) is 4.74. The molecule has 0 spiro atoms. The molecular formula is C18H20O2. The zero-order valence-corrected chi connectivity index (χ0v) is 11.8. The molecule has 0 amide bonds. The largest absolute Gasteiger partial charge is 0.388 e. The van der Waals surface area contributed by atoms with E-state index >= 15 is 0 Å². The van der Waals surface area contributed by atoms with Crippen molar-refractivity contribution in [3.8, 4) is 0 Å². The van der Waals surface area contributed by atoms with E-state index in [-0.39, 0.29) is 6.10 Å². The molecule has 0 fully saturated rings. The number of fused-ring (bicyclic) bond motifs is 1. The summed E-state index contributed by atoms with van der Waals surface area (Å²) in [5.74, 6) is 0. The van der Waals surface area contributed by atoms with Crippen molar-refractivity contribution in [3.05, 3.63) is 70.8 Å². The Labute approximate surface area is 120 Å². The molecule has 3 rings (SSSR count). The molecule has 0 aliphatic carbocycles. The Kier molecular flexibility index (Phi) is 3.86. The first-order valence-electron chi connectivity index (χ1n) is 7.18. The number of ether oxygens (including phenoxy) is 1. The lowest BCUT2D eigenvalue weighted by Crippen LogP contribution is -2.18. The van der Waals surface area contributed by atoms with Gasteiger partial charge in [-0.1, -0.05) is 54.1 Å². The molecule has 0 saturated carbocycles. The third kappa shape index (κ3) is 2.77. The molecule has 2 nitrogen and oxygen atoms in total. The summed E-state index contributed by atoms with van der Waals surface area (Å²) in [6, 6.07) is 16.4. The van der Waals surface area contributed by atoms with Crippen molar-refractivity contribution in [2.45, 2.75) is 32.0 Å². The van der Waals surface area contributed by atoms with E-state index in [0.717, 1.165) is 18.6 Å². The van der Waals surface area contributed by atoms with Crippen LogP contribution in [0.5, 0.6) is 0 Å². The van der Waals surface area contributed by atoms with Gasteiger partial charge in [-0.05, 0) is 30.0 Å². The monoisotopic (exact) mass is 268 g/mol. The maximum Gasteiger partial charge on any atom is 0.0855 e. The Balaban J connectivity index is 1.77. The van der Waals surface area contributed by atoms with Crippen molar-refractivity contribution in [2.75, 3.05) is 6.61 Å². The van der Waals surface area contributed by atoms with Crippen LogP contribution in [0.1, 0.15) is 40.9 Å². The topological polar surface area (TPSA) is 29.5 Å². The van der Waals surface area contributed by atoms with Crippen molar-refractivity contribution in [1.29, 1.82) is 0 Å². The van der Waals surface area contributed by atoms with Gasteiger partial charge in [-0.2, -0.15) is 0 Å². The van der Waals surface area contributed by atoms with E-state index in [0.29, 0.717) is 6.42 Å². The van der Waals surface area contributed by atoms with Crippen LogP contribution in [0.25, 0.3) is 0 Å². The lowest BCUT2D eigenvalue weighted by Gasteiger charge is -2.27. The van der Waals surface area contributed by atoms with Gasteiger partial charge < -0.3 is 9.84 Å². The summed E-state index contributed by atoms with van der Waals surface area (Å²) in [5, 5.41) is 10.4. The molecule has 2 unspecified atom stereocenters. The van der Waals surface area contributed by atoms with E-state index in [1.54, 1.807) is 0 Å². The first kappa shape index (κ1) is 13.3. The maximum absolute atomic E-state index is 10.4. The van der Waals surface area contributed by atoms with Crippen molar-refractivity contribution >= 4 is 0 Å². The first-order chi connectivity index (χ1) is 9.74. The van der Waals surface area contributed by atoms with Gasteiger partial charge in [0.1, 0.15) is 0 Å². The van der Waals surface area contributed by atoms with E-state index in [1.165, 1.54) is 16.7 Å². The fourth-order valence-corrected chi connectivity index (χ4v) is 2.80. The van der Waals surface area contributed by atoms with Gasteiger partial charge in [0.05, 0.1) is 18.8 Å². The minimum absolute atomic E-state index is 0.00347.